The number of carbonyl (C=O) groups excluding carboxylic acids is 1. The van der Waals surface area contributed by atoms with Gasteiger partial charge in [0, 0.05) is 17.9 Å². The van der Waals surface area contributed by atoms with Crippen molar-refractivity contribution in [1.29, 1.82) is 0 Å². The van der Waals surface area contributed by atoms with Gasteiger partial charge in [0.05, 0.1) is 10.0 Å². The summed E-state index contributed by atoms with van der Waals surface area (Å²) >= 11 is 11.6. The molecule has 18 heavy (non-hydrogen) atoms. The molecule has 1 N–H and O–H groups in total. The molecule has 0 saturated heterocycles. The minimum Gasteiger partial charge on any atom is -0.481 e. The number of rotatable bonds is 4. The zero-order chi connectivity index (χ0) is 13.4. The fourth-order valence-electron chi connectivity index (χ4n) is 2.34. The highest BCUT2D eigenvalue weighted by Crippen LogP contribution is 2.50. The maximum atomic E-state index is 12.2. The average molecular weight is 287 g/mol. The van der Waals surface area contributed by atoms with Gasteiger partial charge in [0.15, 0.2) is 5.78 Å². The van der Waals surface area contributed by atoms with Crippen LogP contribution in [0.3, 0.4) is 0 Å². The Labute approximate surface area is 115 Å². The fraction of sp³-hybridized carbons (Fsp3) is 0.385. The van der Waals surface area contributed by atoms with Crippen molar-refractivity contribution in [2.75, 3.05) is 0 Å². The summed E-state index contributed by atoms with van der Waals surface area (Å²) in [7, 11) is 0. The van der Waals surface area contributed by atoms with Crippen LogP contribution in [0.2, 0.25) is 10.0 Å². The molecule has 0 aromatic heterocycles. The molecule has 1 unspecified atom stereocenters. The number of benzene rings is 1. The van der Waals surface area contributed by atoms with E-state index in [0.29, 0.717) is 15.6 Å². The molecule has 0 amide bonds. The first-order valence-electron chi connectivity index (χ1n) is 5.63. The van der Waals surface area contributed by atoms with Crippen molar-refractivity contribution in [2.24, 2.45) is 17.8 Å². The van der Waals surface area contributed by atoms with Crippen molar-refractivity contribution in [3.63, 3.8) is 0 Å². The lowest BCUT2D eigenvalue weighted by Gasteiger charge is -2.02. The molecule has 1 fully saturated rings. The van der Waals surface area contributed by atoms with Crippen molar-refractivity contribution < 1.29 is 14.7 Å². The highest BCUT2D eigenvalue weighted by Gasteiger charge is 2.52. The highest BCUT2D eigenvalue weighted by molar-refractivity contribution is 6.42. The lowest BCUT2D eigenvalue weighted by Crippen LogP contribution is -2.06. The first-order chi connectivity index (χ1) is 8.41. The quantitative estimate of drug-likeness (QED) is 0.862. The molecule has 2 rings (SSSR count). The van der Waals surface area contributed by atoms with Gasteiger partial charge >= 0.3 is 5.97 Å². The maximum absolute atomic E-state index is 12.2. The molecule has 1 aromatic rings. The van der Waals surface area contributed by atoms with Crippen LogP contribution in [0.4, 0.5) is 0 Å². The van der Waals surface area contributed by atoms with Crippen molar-refractivity contribution in [1.82, 2.24) is 0 Å². The van der Waals surface area contributed by atoms with Crippen molar-refractivity contribution in [3.05, 3.63) is 33.8 Å². The fourth-order valence-corrected chi connectivity index (χ4v) is 2.63. The number of carboxylic acid groups (broad SMARTS) is 1. The second-order valence-corrected chi connectivity index (χ2v) is 5.45. The molecule has 1 aromatic carbocycles. The molecular formula is C13H12Cl2O3. The van der Waals surface area contributed by atoms with E-state index in [2.05, 4.69) is 0 Å². The summed E-state index contributed by atoms with van der Waals surface area (Å²) in [6.07, 6.45) is 0.0406. The smallest absolute Gasteiger partial charge is 0.303 e. The zero-order valence-electron chi connectivity index (χ0n) is 9.69. The van der Waals surface area contributed by atoms with Crippen molar-refractivity contribution in [3.8, 4) is 0 Å². The van der Waals surface area contributed by atoms with Gasteiger partial charge in [-0.05, 0) is 30.0 Å². The second-order valence-electron chi connectivity index (χ2n) is 4.64. The molecule has 0 radical (unpaired) electrons. The second kappa shape index (κ2) is 4.90. The van der Waals surface area contributed by atoms with Gasteiger partial charge in [0.2, 0.25) is 0 Å². The number of hydrogen-bond donors (Lipinski definition) is 1. The summed E-state index contributed by atoms with van der Waals surface area (Å²) in [5.74, 6) is -1.07. The lowest BCUT2D eigenvalue weighted by molar-refractivity contribution is -0.137. The zero-order valence-corrected chi connectivity index (χ0v) is 11.2. The maximum Gasteiger partial charge on any atom is 0.303 e. The Balaban J connectivity index is 2.13. The van der Waals surface area contributed by atoms with Crippen molar-refractivity contribution >= 4 is 35.0 Å². The van der Waals surface area contributed by atoms with Gasteiger partial charge in [-0.15, -0.1) is 0 Å². The number of Topliss-reactive ketones (excluding diaryl/α,β-unsaturated/α-hetero) is 1. The molecule has 96 valence electrons. The van der Waals surface area contributed by atoms with Gasteiger partial charge in [-0.2, -0.15) is 0 Å². The molecule has 1 aliphatic rings. The number of ketones is 1. The molecule has 0 aliphatic heterocycles. The van der Waals surface area contributed by atoms with Crippen LogP contribution in [-0.4, -0.2) is 16.9 Å². The minimum absolute atomic E-state index is 0.0406. The monoisotopic (exact) mass is 286 g/mol. The third kappa shape index (κ3) is 2.52. The summed E-state index contributed by atoms with van der Waals surface area (Å²) in [6.45, 7) is 1.90. The number of halogens is 2. The standard InChI is InChI=1S/C13H12Cl2O3/c1-6-8(5-11(16)17)12(6)13(18)7-2-3-9(14)10(15)4-7/h2-4,6,8,12H,5H2,1H3,(H,16,17)/t6-,8?,12+/m0/s1. The molecule has 1 saturated carbocycles. The van der Waals surface area contributed by atoms with Gasteiger partial charge in [0.25, 0.3) is 0 Å². The van der Waals surface area contributed by atoms with Gasteiger partial charge in [-0.25, -0.2) is 0 Å². The van der Waals surface area contributed by atoms with Crippen LogP contribution in [0.25, 0.3) is 0 Å². The Morgan fingerprint density at radius 2 is 1.94 bits per heavy atom. The molecule has 0 heterocycles. The molecule has 5 heteroatoms. The Morgan fingerprint density at radius 1 is 1.28 bits per heavy atom. The van der Waals surface area contributed by atoms with Gasteiger partial charge in [-0.1, -0.05) is 30.1 Å². The predicted molar refractivity (Wildman–Crippen MR) is 69.2 cm³/mol. The summed E-state index contributed by atoms with van der Waals surface area (Å²) < 4.78 is 0. The van der Waals surface area contributed by atoms with E-state index in [4.69, 9.17) is 28.3 Å². The summed E-state index contributed by atoms with van der Waals surface area (Å²) in [5.41, 5.74) is 0.495. The Hall–Kier alpha value is -1.06. The third-order valence-corrected chi connectivity index (χ3v) is 4.22. The van der Waals surface area contributed by atoms with E-state index in [1.54, 1.807) is 12.1 Å². The first kappa shape index (κ1) is 13.4. The lowest BCUT2D eigenvalue weighted by atomic mass is 10.0. The predicted octanol–water partition coefficient (Wildman–Crippen LogP) is 3.53. The van der Waals surface area contributed by atoms with Crippen LogP contribution in [0.15, 0.2) is 18.2 Å². The largest absolute Gasteiger partial charge is 0.481 e. The first-order valence-corrected chi connectivity index (χ1v) is 6.38. The van der Waals surface area contributed by atoms with E-state index in [0.717, 1.165) is 0 Å². The molecule has 0 bridgehead atoms. The van der Waals surface area contributed by atoms with Crippen molar-refractivity contribution in [2.45, 2.75) is 13.3 Å². The van der Waals surface area contributed by atoms with Gasteiger partial charge in [-0.3, -0.25) is 9.59 Å². The third-order valence-electron chi connectivity index (χ3n) is 3.48. The van der Waals surface area contributed by atoms with Crippen LogP contribution in [-0.2, 0) is 4.79 Å². The van der Waals surface area contributed by atoms with Gasteiger partial charge < -0.3 is 5.11 Å². The number of hydrogen-bond acceptors (Lipinski definition) is 2. The topological polar surface area (TPSA) is 54.4 Å². The highest BCUT2D eigenvalue weighted by atomic mass is 35.5. The summed E-state index contributed by atoms with van der Waals surface area (Å²) in [6, 6.07) is 4.74. The molecule has 0 spiro atoms. The van der Waals surface area contributed by atoms with E-state index < -0.39 is 5.97 Å². The summed E-state index contributed by atoms with van der Waals surface area (Å²) in [5, 5.41) is 9.48. The minimum atomic E-state index is -0.865. The van der Waals surface area contributed by atoms with E-state index in [1.165, 1.54) is 6.07 Å². The molecule has 3 nitrogen and oxygen atoms in total. The Kier molecular flexibility index (Phi) is 3.64. The van der Waals surface area contributed by atoms with Crippen LogP contribution >= 0.6 is 23.2 Å². The molecule has 1 aliphatic carbocycles. The number of carbonyl (C=O) groups is 2. The van der Waals surface area contributed by atoms with E-state index >= 15 is 0 Å². The normalized spacial score (nSPS) is 25.8. The Morgan fingerprint density at radius 3 is 2.50 bits per heavy atom. The van der Waals surface area contributed by atoms with Crippen LogP contribution < -0.4 is 0 Å². The molecular weight excluding hydrogens is 275 g/mol. The average Bonchev–Trinajstić information content (AvgIpc) is 2.91. The van der Waals surface area contributed by atoms with E-state index in [-0.39, 0.29) is 30.0 Å². The van der Waals surface area contributed by atoms with Crippen LogP contribution in [0.5, 0.6) is 0 Å². The van der Waals surface area contributed by atoms with E-state index in [1.807, 2.05) is 6.92 Å². The van der Waals surface area contributed by atoms with E-state index in [9.17, 15) is 9.59 Å². The number of carboxylic acids is 1. The summed E-state index contributed by atoms with van der Waals surface area (Å²) in [4.78, 5) is 22.8. The Bertz CT molecular complexity index is 513. The van der Waals surface area contributed by atoms with Crippen LogP contribution in [0.1, 0.15) is 23.7 Å². The van der Waals surface area contributed by atoms with Gasteiger partial charge in [0.1, 0.15) is 0 Å². The SMILES string of the molecule is C[C@H]1C(CC(=O)O)[C@@H]1C(=O)c1ccc(Cl)c(Cl)c1. The van der Waals surface area contributed by atoms with Crippen LogP contribution in [0, 0.1) is 17.8 Å². The molecule has 3 atom stereocenters. The number of aliphatic carboxylic acids is 1.